The van der Waals surface area contributed by atoms with E-state index >= 15 is 0 Å². The molecule has 1 saturated heterocycles. The van der Waals surface area contributed by atoms with Crippen LogP contribution < -0.4 is 0 Å². The fraction of sp³-hybridized carbons (Fsp3) is 0.455. The Hall–Kier alpha value is -1.03. The van der Waals surface area contributed by atoms with Crippen LogP contribution in [-0.2, 0) is 4.79 Å². The fourth-order valence-electron chi connectivity index (χ4n) is 1.72. The van der Waals surface area contributed by atoms with Crippen LogP contribution >= 0.6 is 11.8 Å². The zero-order chi connectivity index (χ0) is 10.7. The van der Waals surface area contributed by atoms with Gasteiger partial charge in [0, 0.05) is 43.1 Å². The molecule has 1 atom stereocenters. The van der Waals surface area contributed by atoms with E-state index in [9.17, 15) is 4.79 Å². The maximum absolute atomic E-state index is 11.3. The van der Waals surface area contributed by atoms with E-state index in [2.05, 4.69) is 4.98 Å². The highest BCUT2D eigenvalue weighted by Gasteiger charge is 2.26. The molecule has 0 aliphatic carbocycles. The largest absolute Gasteiger partial charge is 0.345 e. The van der Waals surface area contributed by atoms with Gasteiger partial charge in [0.15, 0.2) is 0 Å². The predicted octanol–water partition coefficient (Wildman–Crippen LogP) is 1.65. The first-order valence-electron chi connectivity index (χ1n) is 5.02. The van der Waals surface area contributed by atoms with E-state index in [1.54, 1.807) is 24.2 Å². The molecule has 1 amide bonds. The second kappa shape index (κ2) is 4.66. The summed E-state index contributed by atoms with van der Waals surface area (Å²) < 4.78 is 0. The summed E-state index contributed by atoms with van der Waals surface area (Å²) in [7, 11) is 1.87. The molecule has 4 heteroatoms. The number of hydrogen-bond acceptors (Lipinski definition) is 3. The Kier molecular flexibility index (Phi) is 3.26. The van der Waals surface area contributed by atoms with Crippen molar-refractivity contribution >= 4 is 17.7 Å². The average Bonchev–Trinajstić information content (AvgIpc) is 2.57. The van der Waals surface area contributed by atoms with Crippen molar-refractivity contribution < 1.29 is 4.79 Å². The molecule has 15 heavy (non-hydrogen) atoms. The highest BCUT2D eigenvalue weighted by atomic mass is 32.2. The van der Waals surface area contributed by atoms with Gasteiger partial charge in [0.2, 0.25) is 5.91 Å². The van der Waals surface area contributed by atoms with Crippen LogP contribution in [-0.4, -0.2) is 35.1 Å². The summed E-state index contributed by atoms with van der Waals surface area (Å²) in [5.41, 5.74) is 0. The van der Waals surface area contributed by atoms with Crippen molar-refractivity contribution in [3.8, 4) is 0 Å². The Morgan fingerprint density at radius 3 is 2.87 bits per heavy atom. The van der Waals surface area contributed by atoms with Gasteiger partial charge in [0.1, 0.15) is 0 Å². The summed E-state index contributed by atoms with van der Waals surface area (Å²) >= 11 is 1.80. The molecule has 1 fully saturated rings. The molecular formula is C11H14N2OS. The summed E-state index contributed by atoms with van der Waals surface area (Å²) in [5, 5.41) is 0. The number of hydrogen-bond donors (Lipinski definition) is 0. The van der Waals surface area contributed by atoms with Crippen molar-refractivity contribution in [2.45, 2.75) is 11.3 Å². The van der Waals surface area contributed by atoms with Gasteiger partial charge in [-0.3, -0.25) is 9.78 Å². The third kappa shape index (κ3) is 2.72. The first kappa shape index (κ1) is 10.5. The number of carbonyl (C=O) groups excluding carboxylic acids is 1. The van der Waals surface area contributed by atoms with Crippen LogP contribution in [0.15, 0.2) is 29.4 Å². The topological polar surface area (TPSA) is 33.2 Å². The van der Waals surface area contributed by atoms with Crippen LogP contribution in [0.25, 0.3) is 0 Å². The summed E-state index contributed by atoms with van der Waals surface area (Å²) in [6, 6.07) is 4.01. The van der Waals surface area contributed by atoms with Crippen molar-refractivity contribution in [1.82, 2.24) is 9.88 Å². The van der Waals surface area contributed by atoms with Crippen molar-refractivity contribution in [3.05, 3.63) is 24.5 Å². The Morgan fingerprint density at radius 1 is 1.53 bits per heavy atom. The molecule has 1 aliphatic rings. The van der Waals surface area contributed by atoms with E-state index in [1.807, 2.05) is 24.1 Å². The summed E-state index contributed by atoms with van der Waals surface area (Å²) in [4.78, 5) is 18.3. The summed E-state index contributed by atoms with van der Waals surface area (Å²) in [5.74, 6) is 1.79. The lowest BCUT2D eigenvalue weighted by atomic mass is 10.1. The minimum absolute atomic E-state index is 0.273. The Bertz CT molecular complexity index is 342. The van der Waals surface area contributed by atoms with Crippen LogP contribution in [0.1, 0.15) is 6.42 Å². The number of nitrogens with zero attached hydrogens (tertiary/aromatic N) is 2. The Labute approximate surface area is 93.9 Å². The molecule has 1 aromatic rings. The smallest absolute Gasteiger partial charge is 0.222 e. The fourth-order valence-corrected chi connectivity index (χ4v) is 2.68. The van der Waals surface area contributed by atoms with E-state index in [1.165, 1.54) is 4.90 Å². The third-order valence-electron chi connectivity index (χ3n) is 2.56. The van der Waals surface area contributed by atoms with Gasteiger partial charge < -0.3 is 4.90 Å². The molecule has 0 spiro atoms. The molecule has 80 valence electrons. The SMILES string of the molecule is CN1CC(CSc2ccncc2)CC1=O. The lowest BCUT2D eigenvalue weighted by molar-refractivity contribution is -0.126. The first-order valence-corrected chi connectivity index (χ1v) is 6.01. The third-order valence-corrected chi connectivity index (χ3v) is 3.80. The quantitative estimate of drug-likeness (QED) is 0.729. The molecule has 0 radical (unpaired) electrons. The number of pyridine rings is 1. The standard InChI is InChI=1S/C11H14N2OS/c1-13-7-9(6-11(13)14)8-15-10-2-4-12-5-3-10/h2-5,9H,6-8H2,1H3. The maximum Gasteiger partial charge on any atom is 0.222 e. The van der Waals surface area contributed by atoms with Crippen molar-refractivity contribution in [2.24, 2.45) is 5.92 Å². The Balaban J connectivity index is 1.82. The van der Waals surface area contributed by atoms with Gasteiger partial charge in [0.25, 0.3) is 0 Å². The highest BCUT2D eigenvalue weighted by Crippen LogP contribution is 2.25. The highest BCUT2D eigenvalue weighted by molar-refractivity contribution is 7.99. The van der Waals surface area contributed by atoms with Gasteiger partial charge >= 0.3 is 0 Å². The summed E-state index contributed by atoms with van der Waals surface area (Å²) in [6.07, 6.45) is 4.30. The van der Waals surface area contributed by atoms with E-state index in [4.69, 9.17) is 0 Å². The minimum Gasteiger partial charge on any atom is -0.345 e. The van der Waals surface area contributed by atoms with Crippen LogP contribution in [0.2, 0.25) is 0 Å². The molecule has 1 unspecified atom stereocenters. The number of rotatable bonds is 3. The monoisotopic (exact) mass is 222 g/mol. The summed E-state index contributed by atoms with van der Waals surface area (Å²) in [6.45, 7) is 0.900. The van der Waals surface area contributed by atoms with Gasteiger partial charge in [0.05, 0.1) is 0 Å². The average molecular weight is 222 g/mol. The van der Waals surface area contributed by atoms with Gasteiger partial charge in [-0.2, -0.15) is 0 Å². The molecule has 0 aromatic carbocycles. The van der Waals surface area contributed by atoms with Crippen molar-refractivity contribution in [2.75, 3.05) is 19.3 Å². The Morgan fingerprint density at radius 2 is 2.27 bits per heavy atom. The molecule has 0 bridgehead atoms. The van der Waals surface area contributed by atoms with E-state index in [0.717, 1.165) is 12.3 Å². The van der Waals surface area contributed by atoms with Crippen LogP contribution in [0.3, 0.4) is 0 Å². The predicted molar refractivity (Wildman–Crippen MR) is 60.7 cm³/mol. The van der Waals surface area contributed by atoms with E-state index in [-0.39, 0.29) is 5.91 Å². The zero-order valence-corrected chi connectivity index (χ0v) is 9.54. The number of likely N-dealkylation sites (tertiary alicyclic amines) is 1. The van der Waals surface area contributed by atoms with Crippen LogP contribution in [0, 0.1) is 5.92 Å². The van der Waals surface area contributed by atoms with Crippen LogP contribution in [0.4, 0.5) is 0 Å². The number of aromatic nitrogens is 1. The van der Waals surface area contributed by atoms with Gasteiger partial charge in [-0.25, -0.2) is 0 Å². The van der Waals surface area contributed by atoms with E-state index < -0.39 is 0 Å². The first-order chi connectivity index (χ1) is 7.25. The minimum atomic E-state index is 0.273. The van der Waals surface area contributed by atoms with Crippen LogP contribution in [0.5, 0.6) is 0 Å². The zero-order valence-electron chi connectivity index (χ0n) is 8.72. The van der Waals surface area contributed by atoms with E-state index in [0.29, 0.717) is 12.3 Å². The molecule has 0 N–H and O–H groups in total. The van der Waals surface area contributed by atoms with Crippen molar-refractivity contribution in [3.63, 3.8) is 0 Å². The molecule has 1 aliphatic heterocycles. The lowest BCUT2D eigenvalue weighted by Crippen LogP contribution is -2.19. The lowest BCUT2D eigenvalue weighted by Gasteiger charge is -2.09. The van der Waals surface area contributed by atoms with Gasteiger partial charge in [-0.05, 0) is 18.1 Å². The van der Waals surface area contributed by atoms with Crippen molar-refractivity contribution in [1.29, 1.82) is 0 Å². The second-order valence-electron chi connectivity index (χ2n) is 3.84. The van der Waals surface area contributed by atoms with Gasteiger partial charge in [-0.15, -0.1) is 11.8 Å². The molecule has 2 heterocycles. The molecule has 3 nitrogen and oxygen atoms in total. The molecule has 0 saturated carbocycles. The molecular weight excluding hydrogens is 208 g/mol. The number of amides is 1. The normalized spacial score (nSPS) is 21.0. The molecule has 1 aromatic heterocycles. The van der Waals surface area contributed by atoms with Gasteiger partial charge in [-0.1, -0.05) is 0 Å². The number of thioether (sulfide) groups is 1. The maximum atomic E-state index is 11.3. The molecule has 2 rings (SSSR count). The second-order valence-corrected chi connectivity index (χ2v) is 4.93. The number of carbonyl (C=O) groups is 1.